The van der Waals surface area contributed by atoms with Gasteiger partial charge in [-0.2, -0.15) is 0 Å². The number of benzene rings is 1. The summed E-state index contributed by atoms with van der Waals surface area (Å²) in [5, 5.41) is 2.82. The number of nitrogens with two attached hydrogens (primary N) is 1. The highest BCUT2D eigenvalue weighted by Crippen LogP contribution is 2.27. The molecule has 1 amide bonds. The molecule has 170 valence electrons. The van der Waals surface area contributed by atoms with E-state index in [-0.39, 0.29) is 5.91 Å². The molecule has 1 fully saturated rings. The van der Waals surface area contributed by atoms with Crippen LogP contribution in [0.5, 0.6) is 0 Å². The number of anilines is 1. The molecule has 2 heterocycles. The minimum absolute atomic E-state index is 0.0363. The lowest BCUT2D eigenvalue weighted by atomic mass is 10.1. The molecule has 0 saturated carbocycles. The van der Waals surface area contributed by atoms with Crippen molar-refractivity contribution in [1.82, 2.24) is 20.2 Å². The molecule has 0 atom stereocenters. The summed E-state index contributed by atoms with van der Waals surface area (Å²) in [6.07, 6.45) is 3.48. The molecule has 1 aromatic carbocycles. The molecular weight excluding hydrogens is 402 g/mol. The van der Waals surface area contributed by atoms with E-state index in [0.717, 1.165) is 72.3 Å². The van der Waals surface area contributed by atoms with Crippen LogP contribution in [0.2, 0.25) is 0 Å². The SMILES string of the molecule is CN=C(C)C(CN1CCN(c2nccnc2-c2ccc(CNC(C)=O)cc2)CC1)=C(C)N. The van der Waals surface area contributed by atoms with Crippen molar-refractivity contribution < 1.29 is 4.79 Å². The van der Waals surface area contributed by atoms with Gasteiger partial charge in [0.25, 0.3) is 0 Å². The number of nitrogens with zero attached hydrogens (tertiary/aromatic N) is 5. The Morgan fingerprint density at radius 1 is 1.06 bits per heavy atom. The molecule has 0 radical (unpaired) electrons. The standard InChI is InChI=1S/C24H33N7O/c1-17(25)22(18(2)26-4)16-30-11-13-31(14-12-30)24-23(27-9-10-28-24)21-7-5-20(6-8-21)15-29-19(3)32/h5-10H,11-16,25H2,1-4H3,(H,29,32). The first-order valence-electron chi connectivity index (χ1n) is 10.9. The fraction of sp³-hybridized carbons (Fsp3) is 0.417. The normalized spacial score (nSPS) is 16.0. The lowest BCUT2D eigenvalue weighted by Gasteiger charge is -2.36. The number of aromatic nitrogens is 2. The van der Waals surface area contributed by atoms with Crippen LogP contribution >= 0.6 is 0 Å². The Morgan fingerprint density at radius 3 is 2.31 bits per heavy atom. The molecule has 1 saturated heterocycles. The van der Waals surface area contributed by atoms with Gasteiger partial charge in [0.2, 0.25) is 5.91 Å². The number of aliphatic imine (C=N–C) groups is 1. The molecule has 1 aromatic heterocycles. The van der Waals surface area contributed by atoms with E-state index in [1.807, 2.05) is 38.1 Å². The number of allylic oxidation sites excluding steroid dienone is 1. The van der Waals surface area contributed by atoms with Crippen molar-refractivity contribution >= 4 is 17.4 Å². The van der Waals surface area contributed by atoms with Crippen LogP contribution in [0.3, 0.4) is 0 Å². The zero-order valence-corrected chi connectivity index (χ0v) is 19.4. The van der Waals surface area contributed by atoms with Gasteiger partial charge in [-0.15, -0.1) is 0 Å². The highest BCUT2D eigenvalue weighted by atomic mass is 16.1. The molecule has 0 bridgehead atoms. The van der Waals surface area contributed by atoms with Crippen molar-refractivity contribution in [2.75, 3.05) is 44.7 Å². The van der Waals surface area contributed by atoms with E-state index in [1.165, 1.54) is 6.92 Å². The third-order valence-corrected chi connectivity index (χ3v) is 5.75. The molecule has 2 aromatic rings. The Labute approximate surface area is 190 Å². The minimum atomic E-state index is -0.0363. The van der Waals surface area contributed by atoms with Crippen LogP contribution in [0.1, 0.15) is 26.3 Å². The predicted octanol–water partition coefficient (Wildman–Crippen LogP) is 2.23. The minimum Gasteiger partial charge on any atom is -0.402 e. The maximum Gasteiger partial charge on any atom is 0.217 e. The zero-order chi connectivity index (χ0) is 23.1. The van der Waals surface area contributed by atoms with E-state index in [0.29, 0.717) is 6.54 Å². The number of rotatable bonds is 7. The first-order valence-corrected chi connectivity index (χ1v) is 10.9. The lowest BCUT2D eigenvalue weighted by molar-refractivity contribution is -0.119. The van der Waals surface area contributed by atoms with E-state index >= 15 is 0 Å². The van der Waals surface area contributed by atoms with Gasteiger partial charge in [0.05, 0.1) is 0 Å². The summed E-state index contributed by atoms with van der Waals surface area (Å²) >= 11 is 0. The summed E-state index contributed by atoms with van der Waals surface area (Å²) in [6, 6.07) is 8.11. The number of carbonyl (C=O) groups is 1. The van der Waals surface area contributed by atoms with Crippen molar-refractivity contribution in [2.45, 2.75) is 27.3 Å². The number of hydrogen-bond acceptors (Lipinski definition) is 7. The van der Waals surface area contributed by atoms with Crippen molar-refractivity contribution in [3.8, 4) is 11.3 Å². The van der Waals surface area contributed by atoms with E-state index < -0.39 is 0 Å². The summed E-state index contributed by atoms with van der Waals surface area (Å²) in [7, 11) is 1.80. The number of amides is 1. The lowest BCUT2D eigenvalue weighted by Crippen LogP contribution is -2.48. The van der Waals surface area contributed by atoms with Gasteiger partial charge in [0.15, 0.2) is 5.82 Å². The Balaban J connectivity index is 1.69. The van der Waals surface area contributed by atoms with Gasteiger partial charge in [0.1, 0.15) is 5.69 Å². The summed E-state index contributed by atoms with van der Waals surface area (Å²) in [5.74, 6) is 0.865. The molecule has 0 unspecified atom stereocenters. The summed E-state index contributed by atoms with van der Waals surface area (Å²) < 4.78 is 0. The summed E-state index contributed by atoms with van der Waals surface area (Å²) in [5.41, 5.74) is 12.0. The van der Waals surface area contributed by atoms with Gasteiger partial charge >= 0.3 is 0 Å². The molecule has 0 spiro atoms. The van der Waals surface area contributed by atoms with Crippen LogP contribution in [0.15, 0.2) is 52.9 Å². The van der Waals surface area contributed by atoms with Crippen molar-refractivity contribution in [1.29, 1.82) is 0 Å². The molecule has 1 aliphatic rings. The highest BCUT2D eigenvalue weighted by Gasteiger charge is 2.22. The monoisotopic (exact) mass is 435 g/mol. The number of carbonyl (C=O) groups excluding carboxylic acids is 1. The molecule has 3 N–H and O–H groups in total. The zero-order valence-electron chi connectivity index (χ0n) is 19.4. The number of nitrogens with one attached hydrogen (secondary N) is 1. The smallest absolute Gasteiger partial charge is 0.217 e. The predicted molar refractivity (Wildman–Crippen MR) is 130 cm³/mol. The number of hydrogen-bond donors (Lipinski definition) is 2. The Morgan fingerprint density at radius 2 is 1.72 bits per heavy atom. The number of piperazine rings is 1. The van der Waals surface area contributed by atoms with Crippen molar-refractivity contribution in [3.05, 3.63) is 53.5 Å². The van der Waals surface area contributed by atoms with Crippen LogP contribution in [-0.4, -0.2) is 66.3 Å². The Hall–Kier alpha value is -3.26. The second-order valence-corrected chi connectivity index (χ2v) is 8.07. The first-order chi connectivity index (χ1) is 15.4. The second kappa shape index (κ2) is 10.9. The largest absolute Gasteiger partial charge is 0.402 e. The fourth-order valence-corrected chi connectivity index (χ4v) is 3.77. The van der Waals surface area contributed by atoms with Gasteiger partial charge in [-0.3, -0.25) is 19.7 Å². The van der Waals surface area contributed by atoms with Gasteiger partial charge in [0, 0.05) is 88.2 Å². The van der Waals surface area contributed by atoms with Crippen molar-refractivity contribution in [2.24, 2.45) is 10.7 Å². The van der Waals surface area contributed by atoms with Crippen LogP contribution in [0.25, 0.3) is 11.3 Å². The average Bonchev–Trinajstić information content (AvgIpc) is 2.81. The van der Waals surface area contributed by atoms with E-state index in [9.17, 15) is 4.79 Å². The summed E-state index contributed by atoms with van der Waals surface area (Å²) in [6.45, 7) is 10.4. The van der Waals surface area contributed by atoms with E-state index in [2.05, 4.69) is 30.1 Å². The molecule has 32 heavy (non-hydrogen) atoms. The molecular formula is C24H33N7O. The van der Waals surface area contributed by atoms with Crippen LogP contribution in [-0.2, 0) is 11.3 Å². The molecule has 1 aliphatic heterocycles. The van der Waals surface area contributed by atoms with Gasteiger partial charge < -0.3 is 16.0 Å². The van der Waals surface area contributed by atoms with Gasteiger partial charge in [-0.1, -0.05) is 24.3 Å². The molecule has 8 nitrogen and oxygen atoms in total. The van der Waals surface area contributed by atoms with Crippen LogP contribution in [0.4, 0.5) is 5.82 Å². The quantitative estimate of drug-likeness (QED) is 0.647. The first kappa shape index (κ1) is 23.4. The third kappa shape index (κ3) is 5.91. The molecule has 8 heteroatoms. The topological polar surface area (TPSA) is 99.7 Å². The van der Waals surface area contributed by atoms with E-state index in [4.69, 9.17) is 5.73 Å². The van der Waals surface area contributed by atoms with E-state index in [1.54, 1.807) is 19.4 Å². The maximum absolute atomic E-state index is 11.1. The molecule has 0 aliphatic carbocycles. The average molecular weight is 436 g/mol. The van der Waals surface area contributed by atoms with Gasteiger partial charge in [-0.05, 0) is 19.4 Å². The Kier molecular flexibility index (Phi) is 7.94. The molecule has 3 rings (SSSR count). The third-order valence-electron chi connectivity index (χ3n) is 5.75. The van der Waals surface area contributed by atoms with Gasteiger partial charge in [-0.25, -0.2) is 4.98 Å². The Bertz CT molecular complexity index is 986. The fourth-order valence-electron chi connectivity index (χ4n) is 3.77. The second-order valence-electron chi connectivity index (χ2n) is 8.07. The summed E-state index contributed by atoms with van der Waals surface area (Å²) in [4.78, 5) is 29.4. The highest BCUT2D eigenvalue weighted by molar-refractivity contribution is 5.99. The van der Waals surface area contributed by atoms with Crippen molar-refractivity contribution in [3.63, 3.8) is 0 Å². The van der Waals surface area contributed by atoms with Crippen LogP contribution in [0, 0.1) is 0 Å². The maximum atomic E-state index is 11.1. The van der Waals surface area contributed by atoms with Crippen LogP contribution < -0.4 is 16.0 Å².